The quantitative estimate of drug-likeness (QED) is 0.0348. The molecular weight excluding hydrogens is 1710 g/mol. The number of nitrogens with one attached hydrogen (secondary N) is 2. The van der Waals surface area contributed by atoms with E-state index in [2.05, 4.69) is 10.6 Å². The average Bonchev–Trinajstić information content (AvgIpc) is 1.03. The summed E-state index contributed by atoms with van der Waals surface area (Å²) in [5.41, 5.74) is -4.04. The zero-order chi connectivity index (χ0) is 88.5. The molecule has 4 fully saturated rings. The lowest BCUT2D eigenvalue weighted by Gasteiger charge is -2.27. The zero-order valence-corrected chi connectivity index (χ0v) is 71.8. The number of amides is 2. The monoisotopic (exact) mass is 1820 g/mol. The molecule has 8 aromatic carbocycles. The summed E-state index contributed by atoms with van der Waals surface area (Å²) < 4.78 is 239. The predicted molar refractivity (Wildman–Crippen MR) is 460 cm³/mol. The molecule has 0 bridgehead atoms. The van der Waals surface area contributed by atoms with Gasteiger partial charge in [-0.05, 0) is 252 Å². The minimum atomic E-state index is -4.41. The molecule has 0 unspecified atom stereocenters. The van der Waals surface area contributed by atoms with Gasteiger partial charge in [-0.2, -0.15) is 52.7 Å². The third-order valence-corrected chi connectivity index (χ3v) is 25.9. The molecule has 4 aliphatic heterocycles. The Bertz CT molecular complexity index is 4420. The Labute approximate surface area is 729 Å². The van der Waals surface area contributed by atoms with Crippen molar-refractivity contribution in [3.8, 4) is 23.0 Å². The smallest absolute Gasteiger partial charge is 0.416 e. The van der Waals surface area contributed by atoms with E-state index >= 15 is 0 Å². The molecule has 0 saturated carbocycles. The molecule has 0 aromatic heterocycles. The summed E-state index contributed by atoms with van der Waals surface area (Å²) in [5.74, 6) is 3.16. The normalized spacial score (nSPS) is 17.9. The maximum absolute atomic E-state index is 12.9. The number of halogens is 12. The largest absolute Gasteiger partial charge is 0.490 e. The Morgan fingerprint density at radius 3 is 0.871 bits per heavy atom. The van der Waals surface area contributed by atoms with E-state index in [1.807, 2.05) is 102 Å². The molecule has 4 heterocycles. The Hall–Kier alpha value is -8.82. The van der Waals surface area contributed by atoms with Gasteiger partial charge >= 0.3 is 36.9 Å². The van der Waals surface area contributed by atoms with E-state index in [-0.39, 0.29) is 97.1 Å². The Morgan fingerprint density at radius 1 is 0.371 bits per heavy atom. The number of alkyl halides is 12. The molecule has 680 valence electrons. The van der Waals surface area contributed by atoms with Gasteiger partial charge in [0.1, 0.15) is 58.6 Å². The van der Waals surface area contributed by atoms with E-state index < -0.39 is 90.0 Å². The van der Waals surface area contributed by atoms with Gasteiger partial charge in [0.2, 0.25) is 0 Å². The number of carbonyl (C=O) groups is 2. The molecule has 16 nitrogen and oxygen atoms in total. The molecule has 0 radical (unpaired) electrons. The third-order valence-electron chi connectivity index (χ3n) is 20.3. The van der Waals surface area contributed by atoms with E-state index in [1.54, 1.807) is 94.0 Å². The van der Waals surface area contributed by atoms with Crippen LogP contribution in [-0.4, -0.2) is 150 Å². The summed E-state index contributed by atoms with van der Waals surface area (Å²) in [5, 5.41) is 6.44. The van der Waals surface area contributed by atoms with E-state index in [1.165, 1.54) is 48.5 Å². The van der Waals surface area contributed by atoms with Crippen molar-refractivity contribution in [2.45, 2.75) is 188 Å². The second-order valence-electron chi connectivity index (χ2n) is 31.9. The maximum Gasteiger partial charge on any atom is 0.416 e. The van der Waals surface area contributed by atoms with Crippen molar-refractivity contribution in [3.63, 3.8) is 0 Å². The van der Waals surface area contributed by atoms with E-state index in [4.69, 9.17) is 28.4 Å². The van der Waals surface area contributed by atoms with Gasteiger partial charge in [-0.25, -0.2) is 26.4 Å². The first-order valence-corrected chi connectivity index (χ1v) is 45.5. The van der Waals surface area contributed by atoms with Crippen molar-refractivity contribution >= 4 is 55.4 Å². The number of rotatable bonds is 28. The maximum atomic E-state index is 12.9. The number of hydrogen-bond acceptors (Lipinski definition) is 16. The number of thioether (sulfide) groups is 2. The number of nitrogens with zero attached hydrogens (tertiary/aromatic N) is 2. The highest BCUT2D eigenvalue weighted by Crippen LogP contribution is 2.39. The van der Waals surface area contributed by atoms with Crippen molar-refractivity contribution in [3.05, 3.63) is 241 Å². The average molecular weight is 1820 g/mol. The fourth-order valence-corrected chi connectivity index (χ4v) is 18.5. The first-order valence-electron chi connectivity index (χ1n) is 40.2. The van der Waals surface area contributed by atoms with Gasteiger partial charge in [-0.3, -0.25) is 0 Å². The fraction of sp³-hybridized carbons (Fsp3) is 0.457. The fourth-order valence-electron chi connectivity index (χ4n) is 14.0. The molecule has 32 heteroatoms. The van der Waals surface area contributed by atoms with Gasteiger partial charge in [0.05, 0.1) is 43.6 Å². The number of hydrogen-bond donors (Lipinski definition) is 2. The van der Waals surface area contributed by atoms with Crippen molar-refractivity contribution in [2.75, 3.05) is 75.4 Å². The standard InChI is InChI=1S/2C25H30F3NO3S.2C20H22F3NO3S.2CH4/c2*1-24(2,3)32-23(30)29-15-13-18(17-29)22(14-16-33-21-7-5-4-6-8-21)31-20-11-9-19(10-12-20)25(26,27)28;2*21-20(22,23)16-6-8-17(9-7-16)27-19(15-10-12-24-14-15)11-13-28(25,26)18-4-2-1-3-5-18;;/h2*4-12,18,22H,13-17H2,1-3H3;2*1-9,15,19,24H,10-14H2;2*1H4/t18-,22+;18-,22-;15-,19+;15-,19-;;/m0000../s1. The van der Waals surface area contributed by atoms with E-state index in [9.17, 15) is 79.1 Å². The first kappa shape index (κ1) is 102. The molecule has 0 aliphatic carbocycles. The van der Waals surface area contributed by atoms with Crippen molar-refractivity contribution < 1.29 is 108 Å². The van der Waals surface area contributed by atoms with Gasteiger partial charge in [0.25, 0.3) is 0 Å². The van der Waals surface area contributed by atoms with Crippen molar-refractivity contribution in [1.82, 2.24) is 20.4 Å². The second kappa shape index (κ2) is 46.6. The van der Waals surface area contributed by atoms with Crippen LogP contribution in [0, 0.1) is 23.7 Å². The van der Waals surface area contributed by atoms with Crippen LogP contribution in [0.15, 0.2) is 238 Å². The summed E-state index contributed by atoms with van der Waals surface area (Å²) in [7, 11) is -6.90. The molecule has 12 rings (SSSR count). The summed E-state index contributed by atoms with van der Waals surface area (Å²) in [6.45, 7) is 16.1. The van der Waals surface area contributed by atoms with Crippen LogP contribution in [0.3, 0.4) is 0 Å². The lowest BCUT2D eigenvalue weighted by molar-refractivity contribution is -0.138. The van der Waals surface area contributed by atoms with Crippen LogP contribution in [-0.2, 0) is 53.9 Å². The third kappa shape index (κ3) is 33.8. The SMILES string of the molecule is C.C.CC(C)(C)OC(=O)N1CC[C@H]([C@@H](CCSc2ccccc2)Oc2ccc(C(F)(F)F)cc2)C1.CC(C)(C)OC(=O)N1CC[C@H]([C@H](CCSc2ccccc2)Oc2ccc(C(F)(F)F)cc2)C1.O=S(=O)(CC[C@@H](Oc1ccc(C(F)(F)F)cc1)[C@H]1CCNC1)c1ccccc1.O=S(=O)(CC[C@H](Oc1ccc(C(F)(F)F)cc1)[C@H]1CCNC1)c1ccccc1. The molecule has 4 aliphatic rings. The molecule has 4 saturated heterocycles. The van der Waals surface area contributed by atoms with Gasteiger partial charge < -0.3 is 48.9 Å². The van der Waals surface area contributed by atoms with Crippen LogP contribution >= 0.6 is 23.5 Å². The van der Waals surface area contributed by atoms with Crippen LogP contribution in [0.25, 0.3) is 0 Å². The molecular formula is C92H112F12N4O12S4. The van der Waals surface area contributed by atoms with Gasteiger partial charge in [-0.15, -0.1) is 23.5 Å². The lowest BCUT2D eigenvalue weighted by Crippen LogP contribution is -2.37. The second-order valence-corrected chi connectivity index (χ2v) is 38.5. The molecule has 2 amide bonds. The highest BCUT2D eigenvalue weighted by Gasteiger charge is 2.40. The highest BCUT2D eigenvalue weighted by atomic mass is 32.2. The van der Waals surface area contributed by atoms with Crippen LogP contribution in [0.1, 0.15) is 130 Å². The zero-order valence-electron chi connectivity index (χ0n) is 68.5. The lowest BCUT2D eigenvalue weighted by atomic mass is 9.99. The molecule has 124 heavy (non-hydrogen) atoms. The van der Waals surface area contributed by atoms with Crippen LogP contribution in [0.2, 0.25) is 0 Å². The number of benzene rings is 8. The molecule has 8 atom stereocenters. The van der Waals surface area contributed by atoms with Crippen molar-refractivity contribution in [1.29, 1.82) is 0 Å². The van der Waals surface area contributed by atoms with Crippen molar-refractivity contribution in [2.24, 2.45) is 23.7 Å². The molecule has 0 spiro atoms. The number of likely N-dealkylation sites (tertiary alicyclic amines) is 2. The molecule has 8 aromatic rings. The van der Waals surface area contributed by atoms with E-state index in [0.29, 0.717) is 75.1 Å². The van der Waals surface area contributed by atoms with Gasteiger partial charge in [0, 0.05) is 84.2 Å². The minimum absolute atomic E-state index is 0. The predicted octanol–water partition coefficient (Wildman–Crippen LogP) is 22.9. The summed E-state index contributed by atoms with van der Waals surface area (Å²) >= 11 is 3.41. The minimum Gasteiger partial charge on any atom is -0.490 e. The first-order chi connectivity index (χ1) is 57.5. The Morgan fingerprint density at radius 2 is 0.629 bits per heavy atom. The summed E-state index contributed by atoms with van der Waals surface area (Å²) in [6.07, 6.45) is -14.4. The highest BCUT2D eigenvalue weighted by molar-refractivity contribution is 7.99. The topological polar surface area (TPSA) is 188 Å². The van der Waals surface area contributed by atoms with Crippen LogP contribution < -0.4 is 29.6 Å². The van der Waals surface area contributed by atoms with Gasteiger partial charge in [-0.1, -0.05) is 87.6 Å². The van der Waals surface area contributed by atoms with E-state index in [0.717, 1.165) is 109 Å². The Balaban J connectivity index is 0.000000227. The summed E-state index contributed by atoms with van der Waals surface area (Å²) in [4.78, 5) is 31.1. The molecule has 2 N–H and O–H groups in total. The number of ether oxygens (including phenoxy) is 6. The summed E-state index contributed by atoms with van der Waals surface area (Å²) in [6, 6.07) is 55.0. The Kier molecular flexibility index (Phi) is 38.4. The van der Waals surface area contributed by atoms with Gasteiger partial charge in [0.15, 0.2) is 19.7 Å². The number of carbonyl (C=O) groups excluding carboxylic acids is 2. The van der Waals surface area contributed by atoms with Crippen LogP contribution in [0.5, 0.6) is 23.0 Å². The number of sulfone groups is 2. The van der Waals surface area contributed by atoms with Crippen LogP contribution in [0.4, 0.5) is 62.3 Å².